The number of hydrogen-bond acceptors (Lipinski definition) is 2. The van der Waals surface area contributed by atoms with Crippen LogP contribution in [0.4, 0.5) is 0 Å². The van der Waals surface area contributed by atoms with E-state index in [0.717, 1.165) is 0 Å². The molecule has 1 rings (SSSR count). The van der Waals surface area contributed by atoms with Gasteiger partial charge in [-0.3, -0.25) is 0 Å². The topological polar surface area (TPSA) is 9.23 Å². The molecule has 0 saturated heterocycles. The molecule has 0 spiro atoms. The molecule has 12 heavy (non-hydrogen) atoms. The van der Waals surface area contributed by atoms with Crippen molar-refractivity contribution in [3.63, 3.8) is 0 Å². The monoisotopic (exact) mass is 222 g/mol. The zero-order chi connectivity index (χ0) is 8.97. The van der Waals surface area contributed by atoms with Crippen LogP contribution in [0.1, 0.15) is 0 Å². The highest BCUT2D eigenvalue weighted by Gasteiger charge is 2.00. The zero-order valence-corrected chi connectivity index (χ0v) is 8.66. The van der Waals surface area contributed by atoms with Crippen LogP contribution >= 0.6 is 35.8 Å². The highest BCUT2D eigenvalue weighted by atomic mass is 35.5. The van der Waals surface area contributed by atoms with Gasteiger partial charge in [-0.15, -0.1) is 0 Å². The molecule has 0 heterocycles. The van der Waals surface area contributed by atoms with Crippen molar-refractivity contribution >= 4 is 35.8 Å². The van der Waals surface area contributed by atoms with E-state index in [-0.39, 0.29) is 0 Å². The molecular weight excluding hydrogens is 215 g/mol. The first-order chi connectivity index (χ1) is 5.74. The lowest BCUT2D eigenvalue weighted by molar-refractivity contribution is 0.344. The summed E-state index contributed by atoms with van der Waals surface area (Å²) in [6.07, 6.45) is 0. The van der Waals surface area contributed by atoms with Gasteiger partial charge in [0.2, 0.25) is 0 Å². The molecule has 0 N–H and O–H groups in total. The molecule has 0 unspecified atom stereocenters. The molecule has 0 fully saturated rings. The van der Waals surface area contributed by atoms with Crippen LogP contribution in [0, 0.1) is 0 Å². The molecule has 0 saturated carbocycles. The van der Waals surface area contributed by atoms with Crippen LogP contribution in [-0.2, 0) is 0 Å². The fraction of sp³-hybridized carbons (Fsp3) is 0.250. The second-order valence-electron chi connectivity index (χ2n) is 2.15. The number of ether oxygens (including phenoxy) is 1. The first-order valence-corrected chi connectivity index (χ1v) is 4.81. The Morgan fingerprint density at radius 3 is 2.75 bits per heavy atom. The summed E-state index contributed by atoms with van der Waals surface area (Å²) in [5, 5.41) is 1.19. The predicted octanol–water partition coefficient (Wildman–Crippen LogP) is 3.30. The lowest BCUT2D eigenvalue weighted by Crippen LogP contribution is -1.98. The van der Waals surface area contributed by atoms with Gasteiger partial charge in [-0.1, -0.05) is 23.2 Å². The zero-order valence-electron chi connectivity index (χ0n) is 6.26. The van der Waals surface area contributed by atoms with Crippen LogP contribution in [0.25, 0.3) is 0 Å². The molecule has 66 valence electrons. The van der Waals surface area contributed by atoms with Gasteiger partial charge in [-0.05, 0) is 12.1 Å². The first-order valence-electron chi connectivity index (χ1n) is 3.43. The third kappa shape index (κ3) is 2.77. The average Bonchev–Trinajstić information content (AvgIpc) is 2.07. The van der Waals surface area contributed by atoms with E-state index in [9.17, 15) is 0 Å². The summed E-state index contributed by atoms with van der Waals surface area (Å²) in [5.74, 6) is 1.27. The fourth-order valence-corrected chi connectivity index (χ4v) is 1.17. The molecule has 0 atom stereocenters. The van der Waals surface area contributed by atoms with Gasteiger partial charge in [0.05, 0.1) is 11.6 Å². The normalized spacial score (nSPS) is 9.92. The van der Waals surface area contributed by atoms with Crippen LogP contribution in [0.3, 0.4) is 0 Å². The van der Waals surface area contributed by atoms with Crippen molar-refractivity contribution in [2.75, 3.05) is 12.4 Å². The first kappa shape index (κ1) is 10.0. The molecule has 1 aromatic rings. The van der Waals surface area contributed by atoms with Crippen molar-refractivity contribution in [3.05, 3.63) is 28.2 Å². The number of rotatable bonds is 3. The quantitative estimate of drug-likeness (QED) is 0.773. The molecule has 0 aliphatic carbocycles. The molecule has 4 heteroatoms. The molecule has 0 aromatic heterocycles. The van der Waals surface area contributed by atoms with E-state index >= 15 is 0 Å². The van der Waals surface area contributed by atoms with Crippen molar-refractivity contribution in [2.45, 2.75) is 0 Å². The van der Waals surface area contributed by atoms with E-state index in [1.807, 2.05) is 0 Å². The van der Waals surface area contributed by atoms with Crippen LogP contribution in [0.5, 0.6) is 5.75 Å². The molecule has 0 bridgehead atoms. The van der Waals surface area contributed by atoms with Gasteiger partial charge in [0.1, 0.15) is 5.75 Å². The Hall–Kier alpha value is -0.0500. The third-order valence-electron chi connectivity index (χ3n) is 1.24. The van der Waals surface area contributed by atoms with E-state index in [1.54, 1.807) is 18.2 Å². The molecule has 0 aliphatic rings. The van der Waals surface area contributed by atoms with Gasteiger partial charge in [0.25, 0.3) is 0 Å². The van der Waals surface area contributed by atoms with Gasteiger partial charge in [-0.25, -0.2) is 0 Å². The number of thiol groups is 1. The summed E-state index contributed by atoms with van der Waals surface area (Å²) >= 11 is 15.6. The lowest BCUT2D eigenvalue weighted by atomic mass is 10.3. The Labute approximate surface area is 87.0 Å². The largest absolute Gasteiger partial charge is 0.491 e. The van der Waals surface area contributed by atoms with E-state index in [2.05, 4.69) is 12.6 Å². The fourth-order valence-electron chi connectivity index (χ4n) is 0.743. The maximum atomic E-state index is 5.82. The van der Waals surface area contributed by atoms with Crippen molar-refractivity contribution in [2.24, 2.45) is 0 Å². The number of hydrogen-bond donors (Lipinski definition) is 1. The highest BCUT2D eigenvalue weighted by molar-refractivity contribution is 7.80. The second-order valence-corrected chi connectivity index (χ2v) is 3.44. The summed E-state index contributed by atoms with van der Waals surface area (Å²) in [4.78, 5) is 0. The van der Waals surface area contributed by atoms with Crippen LogP contribution in [0.2, 0.25) is 10.0 Å². The minimum absolute atomic E-state index is 0.531. The molecule has 1 nitrogen and oxygen atoms in total. The summed E-state index contributed by atoms with van der Waals surface area (Å²) in [6, 6.07) is 5.11. The Kier molecular flexibility index (Phi) is 4.06. The highest BCUT2D eigenvalue weighted by Crippen LogP contribution is 2.27. The van der Waals surface area contributed by atoms with E-state index in [1.165, 1.54) is 0 Å². The van der Waals surface area contributed by atoms with Crippen molar-refractivity contribution in [1.29, 1.82) is 0 Å². The Morgan fingerprint density at radius 1 is 1.33 bits per heavy atom. The third-order valence-corrected chi connectivity index (χ3v) is 1.97. The van der Waals surface area contributed by atoms with Gasteiger partial charge in [0, 0.05) is 16.8 Å². The van der Waals surface area contributed by atoms with E-state index in [4.69, 9.17) is 27.9 Å². The standard InChI is InChI=1S/C8H8Cl2OS/c9-6-1-2-7(10)8(5-6)11-3-4-12/h1-2,5,12H,3-4H2. The minimum atomic E-state index is 0.531. The summed E-state index contributed by atoms with van der Waals surface area (Å²) in [6.45, 7) is 0.531. The molecule has 1 aromatic carbocycles. The molecular formula is C8H8Cl2OS. The molecule has 0 radical (unpaired) electrons. The Balaban J connectivity index is 2.75. The molecule has 0 aliphatic heterocycles. The van der Waals surface area contributed by atoms with Gasteiger partial charge in [-0.2, -0.15) is 12.6 Å². The van der Waals surface area contributed by atoms with E-state index in [0.29, 0.717) is 28.2 Å². The van der Waals surface area contributed by atoms with Gasteiger partial charge in [0.15, 0.2) is 0 Å². The predicted molar refractivity (Wildman–Crippen MR) is 55.8 cm³/mol. The van der Waals surface area contributed by atoms with Gasteiger partial charge >= 0.3 is 0 Å². The van der Waals surface area contributed by atoms with Crippen molar-refractivity contribution in [1.82, 2.24) is 0 Å². The van der Waals surface area contributed by atoms with Crippen molar-refractivity contribution in [3.8, 4) is 5.75 Å². The van der Waals surface area contributed by atoms with Crippen LogP contribution in [-0.4, -0.2) is 12.4 Å². The summed E-state index contributed by atoms with van der Waals surface area (Å²) in [5.41, 5.74) is 0. The SMILES string of the molecule is SCCOc1cc(Cl)ccc1Cl. The second kappa shape index (κ2) is 4.85. The van der Waals surface area contributed by atoms with Gasteiger partial charge < -0.3 is 4.74 Å². The molecule has 0 amide bonds. The van der Waals surface area contributed by atoms with Crippen LogP contribution < -0.4 is 4.74 Å². The number of benzene rings is 1. The summed E-state index contributed by atoms with van der Waals surface area (Å²) in [7, 11) is 0. The average molecular weight is 223 g/mol. The maximum absolute atomic E-state index is 5.82. The summed E-state index contributed by atoms with van der Waals surface area (Å²) < 4.78 is 5.27. The van der Waals surface area contributed by atoms with E-state index < -0.39 is 0 Å². The Morgan fingerprint density at radius 2 is 2.08 bits per heavy atom. The van der Waals surface area contributed by atoms with Crippen LogP contribution in [0.15, 0.2) is 18.2 Å². The minimum Gasteiger partial charge on any atom is -0.491 e. The Bertz CT molecular complexity index is 265. The number of halogens is 2. The maximum Gasteiger partial charge on any atom is 0.139 e. The smallest absolute Gasteiger partial charge is 0.139 e. The van der Waals surface area contributed by atoms with Crippen molar-refractivity contribution < 1.29 is 4.74 Å². The lowest BCUT2D eigenvalue weighted by Gasteiger charge is -2.05.